The number of phenols is 2. The number of aliphatic hydroxyl groups is 2. The first-order valence-electron chi connectivity index (χ1n) is 12.4. The monoisotopic (exact) mass is 689 g/mol. The number of methoxy groups -OCH3 is 1. The first-order chi connectivity index (χ1) is 18.4. The summed E-state index contributed by atoms with van der Waals surface area (Å²) in [4.78, 5) is 39.8. The zero-order chi connectivity index (χ0) is 28.4. The molecule has 1 saturated heterocycles. The van der Waals surface area contributed by atoms with E-state index in [0.717, 1.165) is 0 Å². The van der Waals surface area contributed by atoms with Gasteiger partial charge in [-0.2, -0.15) is 0 Å². The van der Waals surface area contributed by atoms with E-state index in [0.29, 0.717) is 0 Å². The highest BCUT2D eigenvalue weighted by Crippen LogP contribution is 2.52. The number of benzene rings is 2. The molecule has 0 amide bonds. The van der Waals surface area contributed by atoms with Gasteiger partial charge in [0.25, 0.3) is 0 Å². The maximum Gasteiger partial charge on any atom is 0.202 e. The molecule has 40 heavy (non-hydrogen) atoms. The van der Waals surface area contributed by atoms with Crippen LogP contribution in [0.5, 0.6) is 17.2 Å². The molecule has 2 aliphatic carbocycles. The van der Waals surface area contributed by atoms with Crippen LogP contribution in [0.3, 0.4) is 0 Å². The van der Waals surface area contributed by atoms with Crippen LogP contribution in [0.1, 0.15) is 68.8 Å². The normalized spacial score (nSPS) is 29.1. The minimum atomic E-state index is -2.19. The molecule has 5 rings (SSSR count). The van der Waals surface area contributed by atoms with Crippen LogP contribution in [0.15, 0.2) is 18.2 Å². The van der Waals surface area contributed by atoms with Crippen molar-refractivity contribution in [3.8, 4) is 17.2 Å². The number of fused-ring (bicyclic) bond motifs is 3. The van der Waals surface area contributed by atoms with Crippen LogP contribution < -0.4 is 10.5 Å². The summed E-state index contributed by atoms with van der Waals surface area (Å²) >= 11 is 2.18. The molecule has 0 bridgehead atoms. The number of aromatic hydroxyl groups is 2. The van der Waals surface area contributed by atoms with Crippen LogP contribution in [-0.4, -0.2) is 79.5 Å². The second kappa shape index (κ2) is 11.2. The minimum absolute atomic E-state index is 0. The molecule has 6 N–H and O–H groups in total. The van der Waals surface area contributed by atoms with Crippen LogP contribution in [0.2, 0.25) is 0 Å². The van der Waals surface area contributed by atoms with Gasteiger partial charge in [0.1, 0.15) is 29.5 Å². The fraction of sp³-hybridized carbons (Fsp3) is 0.444. The van der Waals surface area contributed by atoms with Gasteiger partial charge in [0.05, 0.1) is 39.9 Å². The van der Waals surface area contributed by atoms with Gasteiger partial charge >= 0.3 is 0 Å². The summed E-state index contributed by atoms with van der Waals surface area (Å²) in [7, 11) is 1.34. The van der Waals surface area contributed by atoms with Gasteiger partial charge in [-0.3, -0.25) is 14.4 Å². The summed E-state index contributed by atoms with van der Waals surface area (Å²) in [6.45, 7) is 0.834. The molecule has 0 saturated carbocycles. The largest absolute Gasteiger partial charge is 0.507 e. The SMILES string of the molecule is COc1cccc2c1C(=O)c1c(O)c3c(c(O)c1C2=O)C[C@@](O)(C(=O)CO)C[C@@H]3O[C@@H]1C[C@@H](N)[C@@H](I)[C@@H](C)O1.Cl. The average molecular weight is 690 g/mol. The van der Waals surface area contributed by atoms with Gasteiger partial charge in [-0.1, -0.05) is 34.7 Å². The second-order valence-corrected chi connectivity index (χ2v) is 11.6. The Balaban J connectivity index is 0.00000370. The van der Waals surface area contributed by atoms with Crippen molar-refractivity contribution in [1.29, 1.82) is 0 Å². The molecule has 6 atom stereocenters. The third-order valence-electron chi connectivity index (χ3n) is 7.74. The molecule has 13 heteroatoms. The van der Waals surface area contributed by atoms with E-state index in [1.54, 1.807) is 0 Å². The van der Waals surface area contributed by atoms with Crippen LogP contribution in [0.4, 0.5) is 0 Å². The van der Waals surface area contributed by atoms with E-state index in [1.807, 2.05) is 6.92 Å². The molecule has 1 fully saturated rings. The number of aliphatic hydroxyl groups excluding tert-OH is 1. The van der Waals surface area contributed by atoms with E-state index in [9.17, 15) is 34.8 Å². The molecular formula is C27H29ClINO10. The van der Waals surface area contributed by atoms with Crippen molar-refractivity contribution in [2.45, 2.75) is 60.3 Å². The number of halogens is 2. The maximum atomic E-state index is 13.7. The first-order valence-corrected chi connectivity index (χ1v) is 13.6. The Morgan fingerprint density at radius 1 is 1.18 bits per heavy atom. The number of Topliss-reactive ketones (excluding diaryl/α,β-unsaturated/α-hetero) is 1. The number of hydrogen-bond acceptors (Lipinski definition) is 11. The average Bonchev–Trinajstić information content (AvgIpc) is 2.90. The number of rotatable bonds is 5. The standard InChI is InChI=1S/C27H28INO10.ClH/c1-10-22(28)13(29)6-17(38-10)39-15-8-27(36,16(31)9-30)7-12-19(15)26(35)21-20(24(12)33)23(32)11-4-3-5-14(37-2)18(11)25(21)34;/h3-5,10,13,15,17,22,30,33,35-36H,6-9,29H2,1-2H3;1H/t10-,13-,15+,17-,22+,27+;/m1./s1. The van der Waals surface area contributed by atoms with Gasteiger partial charge in [0, 0.05) is 42.0 Å². The third-order valence-corrected chi connectivity index (χ3v) is 9.68. The number of hydrogen-bond donors (Lipinski definition) is 5. The number of phenolic OH excluding ortho intramolecular Hbond substituents is 2. The Kier molecular flexibility index (Phi) is 8.54. The van der Waals surface area contributed by atoms with Gasteiger partial charge in [-0.25, -0.2) is 0 Å². The lowest BCUT2D eigenvalue weighted by molar-refractivity contribution is -0.222. The van der Waals surface area contributed by atoms with Crippen molar-refractivity contribution in [3.63, 3.8) is 0 Å². The third kappa shape index (κ3) is 4.68. The highest BCUT2D eigenvalue weighted by atomic mass is 127. The summed E-state index contributed by atoms with van der Waals surface area (Å²) < 4.78 is 17.4. The van der Waals surface area contributed by atoms with Crippen LogP contribution >= 0.6 is 35.0 Å². The fourth-order valence-electron chi connectivity index (χ4n) is 5.74. The summed E-state index contributed by atoms with van der Waals surface area (Å²) in [6, 6.07) is 4.12. The molecule has 2 aromatic carbocycles. The number of ketones is 3. The summed E-state index contributed by atoms with van der Waals surface area (Å²) in [5, 5.41) is 43.7. The number of carbonyl (C=O) groups is 3. The lowest BCUT2D eigenvalue weighted by Gasteiger charge is -2.42. The van der Waals surface area contributed by atoms with E-state index in [-0.39, 0.29) is 62.9 Å². The Labute approximate surface area is 249 Å². The van der Waals surface area contributed by atoms with E-state index in [4.69, 9.17) is 19.9 Å². The molecule has 3 aliphatic rings. The lowest BCUT2D eigenvalue weighted by Crippen LogP contribution is -2.51. The molecular weight excluding hydrogens is 661 g/mol. The predicted octanol–water partition coefficient (Wildman–Crippen LogP) is 1.87. The van der Waals surface area contributed by atoms with E-state index in [2.05, 4.69) is 22.6 Å². The highest BCUT2D eigenvalue weighted by Gasteiger charge is 2.50. The summed E-state index contributed by atoms with van der Waals surface area (Å²) in [6.07, 6.45) is -3.14. The molecule has 0 radical (unpaired) electrons. The van der Waals surface area contributed by atoms with Crippen molar-refractivity contribution >= 4 is 52.3 Å². The van der Waals surface area contributed by atoms with Crippen molar-refractivity contribution in [3.05, 3.63) is 51.6 Å². The summed E-state index contributed by atoms with van der Waals surface area (Å²) in [5.41, 5.74) is 2.89. The van der Waals surface area contributed by atoms with Gasteiger partial charge < -0.3 is 40.4 Å². The van der Waals surface area contributed by atoms with E-state index in [1.165, 1.54) is 25.3 Å². The molecule has 1 heterocycles. The molecule has 1 aliphatic heterocycles. The minimum Gasteiger partial charge on any atom is -0.507 e. The molecule has 11 nitrogen and oxygen atoms in total. The van der Waals surface area contributed by atoms with Gasteiger partial charge in [-0.05, 0) is 13.0 Å². The molecule has 0 aromatic heterocycles. The Bertz CT molecular complexity index is 1390. The van der Waals surface area contributed by atoms with Crippen molar-refractivity contribution < 1.29 is 49.0 Å². The smallest absolute Gasteiger partial charge is 0.202 e. The lowest BCUT2D eigenvalue weighted by atomic mass is 9.72. The van der Waals surface area contributed by atoms with E-state index >= 15 is 0 Å². The number of ether oxygens (including phenoxy) is 3. The van der Waals surface area contributed by atoms with Crippen molar-refractivity contribution in [2.75, 3.05) is 13.7 Å². The van der Waals surface area contributed by atoms with Crippen molar-refractivity contribution in [2.24, 2.45) is 5.73 Å². The van der Waals surface area contributed by atoms with Crippen molar-refractivity contribution in [1.82, 2.24) is 0 Å². The zero-order valence-electron chi connectivity index (χ0n) is 21.5. The molecule has 0 spiro atoms. The van der Waals surface area contributed by atoms with Crippen LogP contribution in [0, 0.1) is 0 Å². The van der Waals surface area contributed by atoms with Gasteiger partial charge in [0.2, 0.25) is 5.78 Å². The topological polar surface area (TPSA) is 186 Å². The Morgan fingerprint density at radius 2 is 1.85 bits per heavy atom. The molecule has 0 unspecified atom stereocenters. The maximum absolute atomic E-state index is 13.7. The Morgan fingerprint density at radius 3 is 2.48 bits per heavy atom. The van der Waals surface area contributed by atoms with Gasteiger partial charge in [0.15, 0.2) is 17.9 Å². The fourth-order valence-corrected chi connectivity index (χ4v) is 6.20. The summed E-state index contributed by atoms with van der Waals surface area (Å²) in [5.74, 6) is -3.57. The highest BCUT2D eigenvalue weighted by molar-refractivity contribution is 14.1. The zero-order valence-corrected chi connectivity index (χ0v) is 24.5. The molecule has 216 valence electrons. The van der Waals surface area contributed by atoms with E-state index < -0.39 is 77.4 Å². The van der Waals surface area contributed by atoms with Crippen LogP contribution in [0.25, 0.3) is 0 Å². The first kappa shape index (κ1) is 30.6. The van der Waals surface area contributed by atoms with Gasteiger partial charge in [-0.15, -0.1) is 12.4 Å². The van der Waals surface area contributed by atoms with Crippen LogP contribution in [-0.2, 0) is 20.7 Å². The number of carbonyl (C=O) groups excluding carboxylic acids is 3. The Hall–Kier alpha value is -2.33. The quantitative estimate of drug-likeness (QED) is 0.150. The second-order valence-electron chi connectivity index (χ2n) is 10.1. The molecule has 2 aromatic rings. The number of nitrogens with two attached hydrogens (primary N) is 1. The predicted molar refractivity (Wildman–Crippen MR) is 151 cm³/mol. The number of alkyl halides is 1.